The van der Waals surface area contributed by atoms with Gasteiger partial charge in [-0.25, -0.2) is 0 Å². The molecule has 1 aliphatic carbocycles. The van der Waals surface area contributed by atoms with E-state index in [4.69, 9.17) is 16.3 Å². The lowest BCUT2D eigenvalue weighted by molar-refractivity contribution is 0.792. The zero-order chi connectivity index (χ0) is 12.3. The first kappa shape index (κ1) is 11.3. The first-order chi connectivity index (χ1) is 8.26. The third kappa shape index (κ3) is 2.49. The van der Waals surface area contributed by atoms with Crippen molar-refractivity contribution < 1.29 is 0 Å². The van der Waals surface area contributed by atoms with E-state index in [1.807, 2.05) is 6.07 Å². The van der Waals surface area contributed by atoms with Gasteiger partial charge < -0.3 is 10.6 Å². The molecule has 0 bridgehead atoms. The summed E-state index contributed by atoms with van der Waals surface area (Å²) in [5.41, 5.74) is 7.77. The van der Waals surface area contributed by atoms with Gasteiger partial charge in [-0.3, -0.25) is 0 Å². The highest BCUT2D eigenvalue weighted by molar-refractivity contribution is 5.65. The van der Waals surface area contributed by atoms with Crippen LogP contribution in [0.15, 0.2) is 18.2 Å². The van der Waals surface area contributed by atoms with Gasteiger partial charge in [-0.15, -0.1) is 0 Å². The summed E-state index contributed by atoms with van der Waals surface area (Å²) in [5.74, 6) is 0. The number of nitrogens with two attached hydrogens (primary N) is 1. The predicted octanol–water partition coefficient (Wildman–Crippen LogP) is 2.02. The molecule has 0 saturated heterocycles. The molecule has 0 unspecified atom stereocenters. The van der Waals surface area contributed by atoms with E-state index in [0.717, 1.165) is 18.5 Å². The van der Waals surface area contributed by atoms with Crippen LogP contribution in [0.4, 0.5) is 11.4 Å². The van der Waals surface area contributed by atoms with Crippen molar-refractivity contribution in [3.8, 4) is 12.1 Å². The predicted molar refractivity (Wildman–Crippen MR) is 66.2 cm³/mol. The average molecular weight is 226 g/mol. The van der Waals surface area contributed by atoms with Gasteiger partial charge in [0, 0.05) is 18.3 Å². The Morgan fingerprint density at radius 1 is 1.35 bits per heavy atom. The Hall–Kier alpha value is -2.20. The number of anilines is 2. The summed E-state index contributed by atoms with van der Waals surface area (Å²) in [7, 11) is 0. The van der Waals surface area contributed by atoms with Gasteiger partial charge >= 0.3 is 0 Å². The van der Waals surface area contributed by atoms with Gasteiger partial charge in [0.2, 0.25) is 0 Å². The number of rotatable bonds is 4. The highest BCUT2D eigenvalue weighted by Crippen LogP contribution is 2.34. The molecule has 1 saturated carbocycles. The maximum atomic E-state index is 9.12. The minimum absolute atomic E-state index is 0.478. The van der Waals surface area contributed by atoms with Crippen LogP contribution in [0, 0.1) is 22.7 Å². The Kier molecular flexibility index (Phi) is 3.16. The summed E-state index contributed by atoms with van der Waals surface area (Å²) in [6, 6.07) is 10.2. The molecule has 1 aliphatic rings. The first-order valence-electron chi connectivity index (χ1n) is 5.69. The largest absolute Gasteiger partial charge is 0.399 e. The van der Waals surface area contributed by atoms with Crippen LogP contribution in [0.1, 0.15) is 24.8 Å². The van der Waals surface area contributed by atoms with E-state index in [1.165, 1.54) is 0 Å². The molecule has 0 radical (unpaired) electrons. The van der Waals surface area contributed by atoms with Crippen molar-refractivity contribution in [1.29, 1.82) is 10.5 Å². The van der Waals surface area contributed by atoms with Crippen LogP contribution in [0.5, 0.6) is 0 Å². The van der Waals surface area contributed by atoms with Gasteiger partial charge in [-0.2, -0.15) is 10.5 Å². The Labute approximate surface area is 101 Å². The second-order valence-electron chi connectivity index (χ2n) is 4.22. The third-order valence-electron chi connectivity index (χ3n) is 2.90. The van der Waals surface area contributed by atoms with Gasteiger partial charge in [-0.05, 0) is 31.0 Å². The maximum Gasteiger partial charge on any atom is 0.101 e. The number of benzene rings is 1. The lowest BCUT2D eigenvalue weighted by Crippen LogP contribution is -2.27. The van der Waals surface area contributed by atoms with E-state index in [2.05, 4.69) is 17.0 Å². The summed E-state index contributed by atoms with van der Waals surface area (Å²) < 4.78 is 0. The van der Waals surface area contributed by atoms with Gasteiger partial charge in [0.1, 0.15) is 6.07 Å². The fraction of sp³-hybridized carbons (Fsp3) is 0.385. The molecule has 1 aromatic rings. The zero-order valence-corrected chi connectivity index (χ0v) is 9.56. The lowest BCUT2D eigenvalue weighted by atomic mass is 10.1. The smallest absolute Gasteiger partial charge is 0.101 e. The Balaban J connectivity index is 2.29. The quantitative estimate of drug-likeness (QED) is 0.797. The zero-order valence-electron chi connectivity index (χ0n) is 9.56. The maximum absolute atomic E-state index is 9.12. The number of nitriles is 2. The van der Waals surface area contributed by atoms with E-state index in [-0.39, 0.29) is 0 Å². The molecule has 2 rings (SSSR count). The van der Waals surface area contributed by atoms with Gasteiger partial charge in [0.15, 0.2) is 0 Å². The topological polar surface area (TPSA) is 76.8 Å². The first-order valence-corrected chi connectivity index (χ1v) is 5.69. The molecule has 0 spiro atoms. The molecule has 0 heterocycles. The van der Waals surface area contributed by atoms with Crippen molar-refractivity contribution in [2.24, 2.45) is 0 Å². The molecule has 0 aromatic heterocycles. The van der Waals surface area contributed by atoms with Crippen LogP contribution in [0.2, 0.25) is 0 Å². The van der Waals surface area contributed by atoms with E-state index in [1.54, 1.807) is 12.1 Å². The number of nitrogen functional groups attached to an aromatic ring is 1. The third-order valence-corrected chi connectivity index (χ3v) is 2.90. The number of hydrogen-bond acceptors (Lipinski definition) is 4. The standard InChI is InChI=1S/C13H14N4/c14-6-1-7-17(12-3-4-12)13-5-2-11(16)8-10(13)9-15/h2,5,8,12H,1,3-4,7,16H2. The van der Waals surface area contributed by atoms with Gasteiger partial charge in [0.25, 0.3) is 0 Å². The summed E-state index contributed by atoms with van der Waals surface area (Å²) >= 11 is 0. The van der Waals surface area contributed by atoms with Gasteiger partial charge in [-0.1, -0.05) is 0 Å². The van der Waals surface area contributed by atoms with Crippen molar-refractivity contribution in [2.75, 3.05) is 17.2 Å². The normalized spacial score (nSPS) is 13.8. The van der Waals surface area contributed by atoms with Crippen LogP contribution >= 0.6 is 0 Å². The molecule has 0 amide bonds. The molecule has 4 nitrogen and oxygen atoms in total. The monoisotopic (exact) mass is 226 g/mol. The highest BCUT2D eigenvalue weighted by atomic mass is 15.2. The van der Waals surface area contributed by atoms with Crippen LogP contribution in [0.25, 0.3) is 0 Å². The second kappa shape index (κ2) is 4.76. The SMILES string of the molecule is N#CCCN(c1ccc(N)cc1C#N)C1CC1. The molecule has 86 valence electrons. The van der Waals surface area contributed by atoms with Crippen molar-refractivity contribution in [2.45, 2.75) is 25.3 Å². The van der Waals surface area contributed by atoms with Crippen molar-refractivity contribution in [3.05, 3.63) is 23.8 Å². The number of nitrogens with zero attached hydrogens (tertiary/aromatic N) is 3. The Bertz CT molecular complexity index is 491. The molecule has 0 aliphatic heterocycles. The van der Waals surface area contributed by atoms with Crippen LogP contribution < -0.4 is 10.6 Å². The Morgan fingerprint density at radius 2 is 2.12 bits per heavy atom. The number of hydrogen-bond donors (Lipinski definition) is 1. The summed E-state index contributed by atoms with van der Waals surface area (Å²) in [6.45, 7) is 0.680. The fourth-order valence-corrected chi connectivity index (χ4v) is 1.95. The molecule has 0 atom stereocenters. The summed E-state index contributed by atoms with van der Waals surface area (Å²) in [6.07, 6.45) is 2.76. The van der Waals surface area contributed by atoms with Gasteiger partial charge in [0.05, 0.1) is 23.7 Å². The van der Waals surface area contributed by atoms with Crippen molar-refractivity contribution >= 4 is 11.4 Å². The second-order valence-corrected chi connectivity index (χ2v) is 4.22. The van der Waals surface area contributed by atoms with E-state index in [9.17, 15) is 0 Å². The van der Waals surface area contributed by atoms with E-state index in [0.29, 0.717) is 30.3 Å². The summed E-state index contributed by atoms with van der Waals surface area (Å²) in [4.78, 5) is 2.15. The minimum atomic E-state index is 0.478. The highest BCUT2D eigenvalue weighted by Gasteiger charge is 2.30. The molecule has 2 N–H and O–H groups in total. The molecular formula is C13H14N4. The molecule has 1 fully saturated rings. The van der Waals surface area contributed by atoms with Crippen molar-refractivity contribution in [1.82, 2.24) is 0 Å². The average Bonchev–Trinajstić information content (AvgIpc) is 3.15. The van der Waals surface area contributed by atoms with Crippen molar-refractivity contribution in [3.63, 3.8) is 0 Å². The molecule has 17 heavy (non-hydrogen) atoms. The fourth-order valence-electron chi connectivity index (χ4n) is 1.95. The van der Waals surface area contributed by atoms with Crippen LogP contribution in [-0.4, -0.2) is 12.6 Å². The van der Waals surface area contributed by atoms with Crippen LogP contribution in [-0.2, 0) is 0 Å². The lowest BCUT2D eigenvalue weighted by Gasteiger charge is -2.24. The van der Waals surface area contributed by atoms with Crippen LogP contribution in [0.3, 0.4) is 0 Å². The van der Waals surface area contributed by atoms with E-state index >= 15 is 0 Å². The van der Waals surface area contributed by atoms with E-state index < -0.39 is 0 Å². The molecule has 4 heteroatoms. The Morgan fingerprint density at radius 3 is 2.71 bits per heavy atom. The molecular weight excluding hydrogens is 212 g/mol. The summed E-state index contributed by atoms with van der Waals surface area (Å²) in [5, 5.41) is 17.8. The molecule has 1 aromatic carbocycles. The minimum Gasteiger partial charge on any atom is -0.399 e.